The molecule has 194 valence electrons. The molecule has 1 aliphatic carbocycles. The van der Waals surface area contributed by atoms with Gasteiger partial charge in [0.2, 0.25) is 0 Å². The lowest BCUT2D eigenvalue weighted by Gasteiger charge is -2.29. The van der Waals surface area contributed by atoms with Gasteiger partial charge in [-0.15, -0.1) is 0 Å². The molecule has 1 N–H and O–H groups in total. The number of benzene rings is 1. The standard InChI is InChI=1S/C29H32ClN3O4/c1-18(11-26(35)36)10-25(34)27-24-13-21(14-31)15-32-29(24)33(2)28(27)22-8-6-19(7-9-22)16-37-17-20-4-3-5-23(30)12-20/h3-5,12-13,15,18-19,22H,6-11,16-17H2,1-2H3,(H,35,36). The molecule has 2 heterocycles. The number of carboxylic acids is 1. The van der Waals surface area contributed by atoms with Crippen molar-refractivity contribution in [2.75, 3.05) is 6.61 Å². The molecular weight excluding hydrogens is 490 g/mol. The van der Waals surface area contributed by atoms with Crippen molar-refractivity contribution in [3.63, 3.8) is 0 Å². The second-order valence-electron chi connectivity index (χ2n) is 10.2. The van der Waals surface area contributed by atoms with Gasteiger partial charge in [0.05, 0.1) is 12.2 Å². The van der Waals surface area contributed by atoms with Crippen molar-refractivity contribution >= 4 is 34.4 Å². The molecule has 0 radical (unpaired) electrons. The van der Waals surface area contributed by atoms with E-state index < -0.39 is 5.97 Å². The second kappa shape index (κ2) is 11.9. The first kappa shape index (κ1) is 26.8. The number of nitriles is 1. The minimum atomic E-state index is -0.914. The Balaban J connectivity index is 1.51. The smallest absolute Gasteiger partial charge is 0.303 e. The van der Waals surface area contributed by atoms with E-state index in [1.54, 1.807) is 13.0 Å². The minimum Gasteiger partial charge on any atom is -0.481 e. The van der Waals surface area contributed by atoms with E-state index in [0.29, 0.717) is 46.3 Å². The molecule has 0 spiro atoms. The number of aliphatic carboxylic acids is 1. The summed E-state index contributed by atoms with van der Waals surface area (Å²) in [5, 5.41) is 20.0. The van der Waals surface area contributed by atoms with E-state index in [9.17, 15) is 14.9 Å². The summed E-state index contributed by atoms with van der Waals surface area (Å²) in [4.78, 5) is 29.2. The van der Waals surface area contributed by atoms with Gasteiger partial charge in [-0.1, -0.05) is 30.7 Å². The van der Waals surface area contributed by atoms with Gasteiger partial charge in [-0.25, -0.2) is 4.98 Å². The molecule has 1 aliphatic rings. The van der Waals surface area contributed by atoms with Crippen molar-refractivity contribution in [2.24, 2.45) is 18.9 Å². The number of aromatic nitrogens is 2. The number of aryl methyl sites for hydroxylation is 1. The third kappa shape index (κ3) is 6.38. The number of nitrogens with zero attached hydrogens (tertiary/aromatic N) is 3. The van der Waals surface area contributed by atoms with Gasteiger partial charge in [0.15, 0.2) is 5.78 Å². The number of pyridine rings is 1. The molecule has 7 nitrogen and oxygen atoms in total. The Morgan fingerprint density at radius 1 is 1.24 bits per heavy atom. The van der Waals surface area contributed by atoms with Gasteiger partial charge in [0.25, 0.3) is 0 Å². The van der Waals surface area contributed by atoms with Gasteiger partial charge in [-0.05, 0) is 61.3 Å². The summed E-state index contributed by atoms with van der Waals surface area (Å²) in [7, 11) is 1.92. The average Bonchev–Trinajstić information content (AvgIpc) is 3.15. The fraction of sp³-hybridized carbons (Fsp3) is 0.448. The van der Waals surface area contributed by atoms with Crippen LogP contribution in [0.25, 0.3) is 11.0 Å². The number of hydrogen-bond acceptors (Lipinski definition) is 5. The van der Waals surface area contributed by atoms with Crippen LogP contribution in [0.1, 0.15) is 78.5 Å². The van der Waals surface area contributed by atoms with Crippen LogP contribution in [0.15, 0.2) is 36.5 Å². The first-order valence-corrected chi connectivity index (χ1v) is 13.1. The topological polar surface area (TPSA) is 105 Å². The number of carbonyl (C=O) groups excluding carboxylic acids is 1. The van der Waals surface area contributed by atoms with Crippen molar-refractivity contribution in [1.82, 2.24) is 9.55 Å². The lowest BCUT2D eigenvalue weighted by Crippen LogP contribution is -2.21. The summed E-state index contributed by atoms with van der Waals surface area (Å²) in [6.07, 6.45) is 5.43. The second-order valence-corrected chi connectivity index (χ2v) is 10.7. The maximum Gasteiger partial charge on any atom is 0.303 e. The van der Waals surface area contributed by atoms with Crippen molar-refractivity contribution < 1.29 is 19.4 Å². The van der Waals surface area contributed by atoms with Crippen molar-refractivity contribution in [2.45, 2.75) is 58.0 Å². The minimum absolute atomic E-state index is 0.0617. The van der Waals surface area contributed by atoms with Gasteiger partial charge >= 0.3 is 5.97 Å². The third-order valence-corrected chi connectivity index (χ3v) is 7.52. The van der Waals surface area contributed by atoms with E-state index in [0.717, 1.165) is 36.9 Å². The fourth-order valence-electron chi connectivity index (χ4n) is 5.52. The summed E-state index contributed by atoms with van der Waals surface area (Å²) in [6.45, 7) is 2.99. The first-order chi connectivity index (χ1) is 17.8. The van der Waals surface area contributed by atoms with E-state index in [2.05, 4.69) is 11.1 Å². The number of ketones is 1. The normalized spacial score (nSPS) is 18.4. The highest BCUT2D eigenvalue weighted by molar-refractivity contribution is 6.30. The number of Topliss-reactive ketones (excluding diaryl/α,β-unsaturated/α-hetero) is 1. The molecule has 0 aliphatic heterocycles. The molecule has 1 atom stereocenters. The lowest BCUT2D eigenvalue weighted by molar-refractivity contribution is -0.137. The van der Waals surface area contributed by atoms with Crippen LogP contribution in [0.5, 0.6) is 0 Å². The monoisotopic (exact) mass is 521 g/mol. The quantitative estimate of drug-likeness (QED) is 0.315. The fourth-order valence-corrected chi connectivity index (χ4v) is 5.74. The molecule has 4 rings (SSSR count). The Bertz CT molecular complexity index is 1330. The molecular formula is C29H32ClN3O4. The number of fused-ring (bicyclic) bond motifs is 1. The van der Waals surface area contributed by atoms with Crippen molar-refractivity contribution in [3.05, 3.63) is 63.9 Å². The molecule has 0 bridgehead atoms. The Kier molecular flexibility index (Phi) is 8.63. The van der Waals surface area contributed by atoms with Crippen molar-refractivity contribution in [1.29, 1.82) is 5.26 Å². The SMILES string of the molecule is CC(CC(=O)O)CC(=O)c1c(C2CCC(COCc3cccc(Cl)c3)CC2)n(C)c2ncc(C#N)cc12. The van der Waals surface area contributed by atoms with Gasteiger partial charge in [0, 0.05) is 60.3 Å². The van der Waals surface area contributed by atoms with Crippen LogP contribution in [-0.2, 0) is 23.2 Å². The van der Waals surface area contributed by atoms with Crippen LogP contribution in [0.3, 0.4) is 0 Å². The Labute approximate surface area is 222 Å². The highest BCUT2D eigenvalue weighted by atomic mass is 35.5. The molecule has 1 aromatic carbocycles. The van der Waals surface area contributed by atoms with Gasteiger partial charge in [0.1, 0.15) is 11.7 Å². The number of carbonyl (C=O) groups is 2. The van der Waals surface area contributed by atoms with Gasteiger partial charge < -0.3 is 14.4 Å². The van der Waals surface area contributed by atoms with Gasteiger partial charge in [-0.2, -0.15) is 5.26 Å². The summed E-state index contributed by atoms with van der Waals surface area (Å²) in [5.41, 5.74) is 3.68. The summed E-state index contributed by atoms with van der Waals surface area (Å²) >= 11 is 6.06. The van der Waals surface area contributed by atoms with Crippen LogP contribution >= 0.6 is 11.6 Å². The third-order valence-electron chi connectivity index (χ3n) is 7.28. The van der Waals surface area contributed by atoms with Crippen LogP contribution in [0, 0.1) is 23.2 Å². The van der Waals surface area contributed by atoms with E-state index in [-0.39, 0.29) is 30.5 Å². The van der Waals surface area contributed by atoms with Crippen LogP contribution in [-0.4, -0.2) is 33.0 Å². The molecule has 0 amide bonds. The molecule has 1 saturated carbocycles. The highest BCUT2D eigenvalue weighted by Crippen LogP contribution is 2.41. The zero-order chi connectivity index (χ0) is 26.5. The van der Waals surface area contributed by atoms with E-state index in [1.807, 2.05) is 35.9 Å². The number of carboxylic acid groups (broad SMARTS) is 1. The maximum atomic E-state index is 13.5. The Hall–Kier alpha value is -3.21. The highest BCUT2D eigenvalue weighted by Gasteiger charge is 2.31. The number of ether oxygens (including phenoxy) is 1. The molecule has 0 saturated heterocycles. The number of rotatable bonds is 10. The summed E-state index contributed by atoms with van der Waals surface area (Å²) in [5.74, 6) is -0.653. The Morgan fingerprint density at radius 2 is 2.00 bits per heavy atom. The average molecular weight is 522 g/mol. The van der Waals surface area contributed by atoms with E-state index in [4.69, 9.17) is 21.4 Å². The zero-order valence-electron chi connectivity index (χ0n) is 21.2. The molecule has 3 aromatic rings. The van der Waals surface area contributed by atoms with Gasteiger partial charge in [-0.3, -0.25) is 9.59 Å². The lowest BCUT2D eigenvalue weighted by atomic mass is 9.79. The summed E-state index contributed by atoms with van der Waals surface area (Å²) < 4.78 is 7.98. The number of halogens is 1. The van der Waals surface area contributed by atoms with Crippen LogP contribution in [0.4, 0.5) is 0 Å². The predicted octanol–water partition coefficient (Wildman–Crippen LogP) is 6.27. The van der Waals surface area contributed by atoms with Crippen LogP contribution in [0.2, 0.25) is 5.02 Å². The molecule has 8 heteroatoms. The molecule has 1 unspecified atom stereocenters. The first-order valence-electron chi connectivity index (χ1n) is 12.7. The predicted molar refractivity (Wildman–Crippen MR) is 142 cm³/mol. The maximum absolute atomic E-state index is 13.5. The zero-order valence-corrected chi connectivity index (χ0v) is 22.0. The number of hydrogen-bond donors (Lipinski definition) is 1. The largest absolute Gasteiger partial charge is 0.481 e. The van der Waals surface area contributed by atoms with Crippen molar-refractivity contribution in [3.8, 4) is 6.07 Å². The van der Waals surface area contributed by atoms with E-state index >= 15 is 0 Å². The summed E-state index contributed by atoms with van der Waals surface area (Å²) in [6, 6.07) is 11.5. The molecule has 37 heavy (non-hydrogen) atoms. The molecule has 2 aromatic heterocycles. The van der Waals surface area contributed by atoms with Crippen LogP contribution < -0.4 is 0 Å². The molecule has 1 fully saturated rings. The van der Waals surface area contributed by atoms with E-state index in [1.165, 1.54) is 6.20 Å². The Morgan fingerprint density at radius 3 is 2.68 bits per heavy atom.